The van der Waals surface area contributed by atoms with Crippen molar-refractivity contribution in [3.8, 4) is 0 Å². The highest BCUT2D eigenvalue weighted by Crippen LogP contribution is 2.21. The Balaban J connectivity index is 1.44. The number of hydrogen-bond donors (Lipinski definition) is 1. The Morgan fingerprint density at radius 1 is 0.821 bits per heavy atom. The third-order valence-electron chi connectivity index (χ3n) is 5.62. The average molecular weight is 377 g/mol. The highest BCUT2D eigenvalue weighted by Gasteiger charge is 2.22. The molecule has 1 N–H and O–H groups in total. The van der Waals surface area contributed by atoms with Gasteiger partial charge in [-0.2, -0.15) is 0 Å². The smallest absolute Gasteiger partial charge is 0.255 e. The van der Waals surface area contributed by atoms with E-state index in [1.165, 1.54) is 18.4 Å². The first-order chi connectivity index (χ1) is 13.7. The van der Waals surface area contributed by atoms with Crippen LogP contribution in [-0.2, 0) is 6.54 Å². The fraction of sp³-hybridized carbons (Fsp3) is 0.391. The van der Waals surface area contributed by atoms with Gasteiger partial charge in [-0.25, -0.2) is 0 Å². The lowest BCUT2D eigenvalue weighted by Crippen LogP contribution is -2.28. The Kier molecular flexibility index (Phi) is 5.72. The molecule has 0 saturated carbocycles. The van der Waals surface area contributed by atoms with E-state index in [0.717, 1.165) is 45.6 Å². The summed E-state index contributed by atoms with van der Waals surface area (Å²) in [5, 5.41) is 2.93. The topological polar surface area (TPSA) is 52.7 Å². The minimum Gasteiger partial charge on any atom is -0.339 e. The van der Waals surface area contributed by atoms with Gasteiger partial charge in [-0.15, -0.1) is 0 Å². The highest BCUT2D eigenvalue weighted by atomic mass is 16.2. The van der Waals surface area contributed by atoms with E-state index in [1.807, 2.05) is 41.3 Å². The van der Waals surface area contributed by atoms with Crippen LogP contribution >= 0.6 is 0 Å². The predicted molar refractivity (Wildman–Crippen MR) is 110 cm³/mol. The van der Waals surface area contributed by atoms with E-state index in [-0.39, 0.29) is 11.8 Å². The lowest BCUT2D eigenvalue weighted by atomic mass is 10.1. The van der Waals surface area contributed by atoms with Crippen LogP contribution in [0.3, 0.4) is 0 Å². The van der Waals surface area contributed by atoms with E-state index < -0.39 is 0 Å². The number of rotatable bonds is 5. The van der Waals surface area contributed by atoms with Crippen LogP contribution in [0.5, 0.6) is 0 Å². The molecule has 0 atom stereocenters. The van der Waals surface area contributed by atoms with Gasteiger partial charge in [0.25, 0.3) is 11.8 Å². The summed E-state index contributed by atoms with van der Waals surface area (Å²) >= 11 is 0. The first kappa shape index (κ1) is 18.7. The number of amides is 2. The summed E-state index contributed by atoms with van der Waals surface area (Å²) in [6.07, 6.45) is 4.64. The van der Waals surface area contributed by atoms with Crippen molar-refractivity contribution in [2.24, 2.45) is 0 Å². The number of anilines is 1. The maximum absolute atomic E-state index is 12.8. The fourth-order valence-electron chi connectivity index (χ4n) is 4.02. The minimum absolute atomic E-state index is 0.00522. The van der Waals surface area contributed by atoms with Crippen LogP contribution in [0.4, 0.5) is 5.69 Å². The number of para-hydroxylation sites is 1. The zero-order valence-corrected chi connectivity index (χ0v) is 16.2. The van der Waals surface area contributed by atoms with Crippen LogP contribution in [0, 0.1) is 0 Å². The van der Waals surface area contributed by atoms with E-state index >= 15 is 0 Å². The molecule has 0 unspecified atom stereocenters. The van der Waals surface area contributed by atoms with Crippen molar-refractivity contribution in [2.45, 2.75) is 32.2 Å². The molecule has 2 amide bonds. The summed E-state index contributed by atoms with van der Waals surface area (Å²) in [5.74, 6) is -0.191. The second-order valence-corrected chi connectivity index (χ2v) is 7.68. The molecule has 0 aromatic heterocycles. The molecule has 2 aliphatic heterocycles. The van der Waals surface area contributed by atoms with Crippen LogP contribution < -0.4 is 5.32 Å². The van der Waals surface area contributed by atoms with Crippen LogP contribution in [0.25, 0.3) is 0 Å². The molecule has 2 aromatic carbocycles. The van der Waals surface area contributed by atoms with Crippen LogP contribution in [0.1, 0.15) is 52.0 Å². The van der Waals surface area contributed by atoms with E-state index in [0.29, 0.717) is 16.8 Å². The number of carbonyl (C=O) groups excluding carboxylic acids is 2. The standard InChI is InChI=1S/C23H27N3O2/c27-22(19-11-9-18(10-12-19)17-25-13-3-4-14-25)24-21-8-2-1-7-20(21)23(28)26-15-5-6-16-26/h1-2,7-12H,3-6,13-17H2,(H,24,27). The third kappa shape index (κ3) is 4.25. The molecule has 2 heterocycles. The lowest BCUT2D eigenvalue weighted by molar-refractivity contribution is 0.0794. The molecule has 5 heteroatoms. The van der Waals surface area contributed by atoms with Gasteiger partial charge in [0.1, 0.15) is 0 Å². The summed E-state index contributed by atoms with van der Waals surface area (Å²) in [4.78, 5) is 29.8. The molecular formula is C23H27N3O2. The van der Waals surface area contributed by atoms with Crippen molar-refractivity contribution in [3.05, 3.63) is 65.2 Å². The lowest BCUT2D eigenvalue weighted by Gasteiger charge is -2.18. The minimum atomic E-state index is -0.186. The van der Waals surface area contributed by atoms with E-state index in [9.17, 15) is 9.59 Å². The zero-order valence-electron chi connectivity index (χ0n) is 16.2. The Labute approximate surface area is 166 Å². The van der Waals surface area contributed by atoms with Crippen molar-refractivity contribution in [1.82, 2.24) is 9.80 Å². The third-order valence-corrected chi connectivity index (χ3v) is 5.62. The molecule has 0 radical (unpaired) electrons. The SMILES string of the molecule is O=C(Nc1ccccc1C(=O)N1CCCC1)c1ccc(CN2CCCC2)cc1. The number of likely N-dealkylation sites (tertiary alicyclic amines) is 2. The maximum atomic E-state index is 12.8. The molecule has 2 saturated heterocycles. The van der Waals surface area contributed by atoms with Gasteiger partial charge in [0.2, 0.25) is 0 Å². The van der Waals surface area contributed by atoms with Crippen molar-refractivity contribution < 1.29 is 9.59 Å². The largest absolute Gasteiger partial charge is 0.339 e. The van der Waals surface area contributed by atoms with Crippen LogP contribution in [-0.4, -0.2) is 47.8 Å². The molecule has 5 nitrogen and oxygen atoms in total. The van der Waals surface area contributed by atoms with Gasteiger partial charge >= 0.3 is 0 Å². The molecule has 2 aromatic rings. The number of hydrogen-bond acceptors (Lipinski definition) is 3. The van der Waals surface area contributed by atoms with Crippen molar-refractivity contribution in [1.29, 1.82) is 0 Å². The summed E-state index contributed by atoms with van der Waals surface area (Å²) in [6, 6.07) is 15.0. The average Bonchev–Trinajstić information content (AvgIpc) is 3.43. The van der Waals surface area contributed by atoms with Gasteiger partial charge in [0, 0.05) is 25.2 Å². The fourth-order valence-corrected chi connectivity index (χ4v) is 4.02. The number of nitrogens with zero attached hydrogens (tertiary/aromatic N) is 2. The van der Waals surface area contributed by atoms with Gasteiger partial charge in [0.05, 0.1) is 11.3 Å². The molecule has 2 fully saturated rings. The van der Waals surface area contributed by atoms with Crippen LogP contribution in [0.2, 0.25) is 0 Å². The molecule has 146 valence electrons. The summed E-state index contributed by atoms with van der Waals surface area (Å²) in [6.45, 7) is 4.84. The number of nitrogens with one attached hydrogen (secondary N) is 1. The monoisotopic (exact) mass is 377 g/mol. The predicted octanol–water partition coefficient (Wildman–Crippen LogP) is 3.77. The molecule has 4 rings (SSSR count). The van der Waals surface area contributed by atoms with Crippen molar-refractivity contribution >= 4 is 17.5 Å². The molecule has 0 spiro atoms. The summed E-state index contributed by atoms with van der Waals surface area (Å²) in [5.41, 5.74) is 2.96. The van der Waals surface area contributed by atoms with E-state index in [4.69, 9.17) is 0 Å². The zero-order chi connectivity index (χ0) is 19.3. The Bertz CT molecular complexity index is 835. The van der Waals surface area contributed by atoms with E-state index in [1.54, 1.807) is 12.1 Å². The Hall–Kier alpha value is -2.66. The number of benzene rings is 2. The van der Waals surface area contributed by atoms with Crippen molar-refractivity contribution in [2.75, 3.05) is 31.5 Å². The van der Waals surface area contributed by atoms with Gasteiger partial charge in [-0.05, 0) is 68.6 Å². The second kappa shape index (κ2) is 8.57. The van der Waals surface area contributed by atoms with Crippen molar-refractivity contribution in [3.63, 3.8) is 0 Å². The molecule has 0 aliphatic carbocycles. The maximum Gasteiger partial charge on any atom is 0.255 e. The Morgan fingerprint density at radius 3 is 2.18 bits per heavy atom. The first-order valence-electron chi connectivity index (χ1n) is 10.2. The summed E-state index contributed by atoms with van der Waals surface area (Å²) in [7, 11) is 0. The van der Waals surface area contributed by atoms with Crippen LogP contribution in [0.15, 0.2) is 48.5 Å². The quantitative estimate of drug-likeness (QED) is 0.863. The summed E-state index contributed by atoms with van der Waals surface area (Å²) < 4.78 is 0. The molecule has 28 heavy (non-hydrogen) atoms. The Morgan fingerprint density at radius 2 is 1.46 bits per heavy atom. The first-order valence-corrected chi connectivity index (χ1v) is 10.2. The second-order valence-electron chi connectivity index (χ2n) is 7.68. The van der Waals surface area contributed by atoms with Gasteiger partial charge in [-0.1, -0.05) is 24.3 Å². The number of carbonyl (C=O) groups is 2. The normalized spacial score (nSPS) is 17.1. The highest BCUT2D eigenvalue weighted by molar-refractivity contribution is 6.09. The molecule has 0 bridgehead atoms. The van der Waals surface area contributed by atoms with Gasteiger partial charge < -0.3 is 10.2 Å². The molecule has 2 aliphatic rings. The van der Waals surface area contributed by atoms with Gasteiger partial charge in [-0.3, -0.25) is 14.5 Å². The molecular weight excluding hydrogens is 350 g/mol. The van der Waals surface area contributed by atoms with E-state index in [2.05, 4.69) is 10.2 Å². The van der Waals surface area contributed by atoms with Gasteiger partial charge in [0.15, 0.2) is 0 Å².